The maximum absolute atomic E-state index is 12.3. The van der Waals surface area contributed by atoms with Crippen molar-refractivity contribution in [3.8, 4) is 0 Å². The van der Waals surface area contributed by atoms with Crippen molar-refractivity contribution in [3.63, 3.8) is 0 Å². The van der Waals surface area contributed by atoms with Crippen molar-refractivity contribution < 1.29 is 14.6 Å². The Kier molecular flexibility index (Phi) is 5.99. The topological polar surface area (TPSA) is 58.6 Å². The summed E-state index contributed by atoms with van der Waals surface area (Å²) in [4.78, 5) is 12.3. The number of ether oxygens (including phenoxy) is 1. The van der Waals surface area contributed by atoms with Crippen LogP contribution < -0.4 is 5.32 Å². The first-order valence-corrected chi connectivity index (χ1v) is 6.57. The number of aliphatic hydroxyl groups is 1. The van der Waals surface area contributed by atoms with Crippen molar-refractivity contribution in [1.82, 2.24) is 5.32 Å². The minimum atomic E-state index is -0.620. The highest BCUT2D eigenvalue weighted by Crippen LogP contribution is 2.20. The number of hydrogen-bond donors (Lipinski definition) is 2. The normalized spacial score (nSPS) is 15.6. The van der Waals surface area contributed by atoms with Gasteiger partial charge in [-0.2, -0.15) is 0 Å². The molecule has 4 nitrogen and oxygen atoms in total. The number of amides is 1. The number of nitrogens with one attached hydrogen (secondary N) is 1. The maximum Gasteiger partial charge on any atom is 0.254 e. The Labute approximate surface area is 114 Å². The van der Waals surface area contributed by atoms with Crippen LogP contribution in [0.2, 0.25) is 0 Å². The van der Waals surface area contributed by atoms with Gasteiger partial charge < -0.3 is 15.2 Å². The van der Waals surface area contributed by atoms with Gasteiger partial charge in [-0.1, -0.05) is 37.3 Å². The van der Waals surface area contributed by atoms with E-state index in [0.29, 0.717) is 6.42 Å². The van der Waals surface area contributed by atoms with Gasteiger partial charge >= 0.3 is 0 Å². The standard InChI is InChI=1S/C15H23NO3/c1-4-15(2,10-11-17)16-14(18)13(19-3)12-8-6-5-7-9-12/h5-9,13,17H,4,10-11H2,1-3H3,(H,16,18). The quantitative estimate of drug-likeness (QED) is 0.793. The minimum Gasteiger partial charge on any atom is -0.396 e. The van der Waals surface area contributed by atoms with E-state index in [1.54, 1.807) is 0 Å². The highest BCUT2D eigenvalue weighted by atomic mass is 16.5. The molecule has 0 aromatic heterocycles. The fourth-order valence-electron chi connectivity index (χ4n) is 1.96. The Morgan fingerprint density at radius 1 is 1.42 bits per heavy atom. The summed E-state index contributed by atoms with van der Waals surface area (Å²) in [5, 5.41) is 12.0. The molecule has 0 fully saturated rings. The van der Waals surface area contributed by atoms with Crippen LogP contribution >= 0.6 is 0 Å². The Morgan fingerprint density at radius 3 is 2.53 bits per heavy atom. The van der Waals surface area contributed by atoms with Crippen LogP contribution in [0, 0.1) is 0 Å². The highest BCUT2D eigenvalue weighted by molar-refractivity contribution is 5.82. The number of carbonyl (C=O) groups is 1. The Hall–Kier alpha value is -1.39. The molecule has 4 heteroatoms. The molecule has 1 aromatic rings. The van der Waals surface area contributed by atoms with E-state index in [-0.39, 0.29) is 12.5 Å². The summed E-state index contributed by atoms with van der Waals surface area (Å²) in [6, 6.07) is 9.38. The molecular weight excluding hydrogens is 242 g/mol. The van der Waals surface area contributed by atoms with E-state index >= 15 is 0 Å². The summed E-state index contributed by atoms with van der Waals surface area (Å²) in [7, 11) is 1.52. The zero-order valence-corrected chi connectivity index (χ0v) is 11.8. The second-order valence-electron chi connectivity index (χ2n) is 4.90. The van der Waals surface area contributed by atoms with E-state index in [4.69, 9.17) is 9.84 Å². The van der Waals surface area contributed by atoms with E-state index in [0.717, 1.165) is 12.0 Å². The molecule has 0 saturated carbocycles. The van der Waals surface area contributed by atoms with E-state index in [1.165, 1.54) is 7.11 Å². The van der Waals surface area contributed by atoms with Gasteiger partial charge in [0.2, 0.25) is 0 Å². The maximum atomic E-state index is 12.3. The van der Waals surface area contributed by atoms with Crippen LogP contribution in [-0.4, -0.2) is 30.3 Å². The van der Waals surface area contributed by atoms with Crippen LogP contribution in [0.5, 0.6) is 0 Å². The minimum absolute atomic E-state index is 0.0492. The van der Waals surface area contributed by atoms with Crippen LogP contribution in [0.15, 0.2) is 30.3 Å². The third-order valence-corrected chi connectivity index (χ3v) is 3.45. The van der Waals surface area contributed by atoms with Gasteiger partial charge in [-0.05, 0) is 25.3 Å². The van der Waals surface area contributed by atoms with Gasteiger partial charge in [0.15, 0.2) is 6.10 Å². The van der Waals surface area contributed by atoms with Gasteiger partial charge in [0.1, 0.15) is 0 Å². The van der Waals surface area contributed by atoms with Crippen molar-refractivity contribution in [2.24, 2.45) is 0 Å². The van der Waals surface area contributed by atoms with Crippen LogP contribution in [0.1, 0.15) is 38.4 Å². The molecule has 1 amide bonds. The number of benzene rings is 1. The fourth-order valence-corrected chi connectivity index (χ4v) is 1.96. The van der Waals surface area contributed by atoms with Gasteiger partial charge in [-0.15, -0.1) is 0 Å². The van der Waals surface area contributed by atoms with Gasteiger partial charge in [-0.3, -0.25) is 4.79 Å². The number of methoxy groups -OCH3 is 1. The average molecular weight is 265 g/mol. The monoisotopic (exact) mass is 265 g/mol. The number of hydrogen-bond acceptors (Lipinski definition) is 3. The SMILES string of the molecule is CCC(C)(CCO)NC(=O)C(OC)c1ccccc1. The van der Waals surface area contributed by atoms with E-state index in [9.17, 15) is 4.79 Å². The molecule has 0 saturated heterocycles. The van der Waals surface area contributed by atoms with Gasteiger partial charge in [-0.25, -0.2) is 0 Å². The molecule has 0 bridgehead atoms. The molecule has 0 heterocycles. The third kappa shape index (κ3) is 4.33. The first kappa shape index (κ1) is 15.7. The zero-order valence-electron chi connectivity index (χ0n) is 11.8. The fraction of sp³-hybridized carbons (Fsp3) is 0.533. The lowest BCUT2D eigenvalue weighted by molar-refractivity contribution is -0.133. The molecule has 0 aliphatic carbocycles. The molecule has 0 spiro atoms. The first-order valence-electron chi connectivity index (χ1n) is 6.57. The lowest BCUT2D eigenvalue weighted by Gasteiger charge is -2.30. The summed E-state index contributed by atoms with van der Waals surface area (Å²) in [6.45, 7) is 3.96. The first-order chi connectivity index (χ1) is 9.06. The summed E-state index contributed by atoms with van der Waals surface area (Å²) in [6.07, 6.45) is 0.663. The largest absolute Gasteiger partial charge is 0.396 e. The van der Waals surface area contributed by atoms with Gasteiger partial charge in [0, 0.05) is 19.3 Å². The Bertz CT molecular complexity index is 394. The second kappa shape index (κ2) is 7.26. The number of rotatable bonds is 7. The average Bonchev–Trinajstić information content (AvgIpc) is 2.41. The van der Waals surface area contributed by atoms with Crippen molar-refractivity contribution in [2.75, 3.05) is 13.7 Å². The molecule has 1 rings (SSSR count). The molecule has 19 heavy (non-hydrogen) atoms. The van der Waals surface area contributed by atoms with E-state index < -0.39 is 11.6 Å². The molecule has 1 aromatic carbocycles. The predicted molar refractivity (Wildman–Crippen MR) is 74.7 cm³/mol. The van der Waals surface area contributed by atoms with Crippen LogP contribution in [0.25, 0.3) is 0 Å². The Balaban J connectivity index is 2.80. The van der Waals surface area contributed by atoms with Crippen LogP contribution in [0.4, 0.5) is 0 Å². The lowest BCUT2D eigenvalue weighted by Crippen LogP contribution is -2.48. The molecule has 2 unspecified atom stereocenters. The molecule has 106 valence electrons. The zero-order chi connectivity index (χ0) is 14.3. The van der Waals surface area contributed by atoms with Crippen molar-refractivity contribution in [2.45, 2.75) is 38.3 Å². The van der Waals surface area contributed by atoms with E-state index in [1.807, 2.05) is 44.2 Å². The highest BCUT2D eigenvalue weighted by Gasteiger charge is 2.28. The molecular formula is C15H23NO3. The summed E-state index contributed by atoms with van der Waals surface area (Å²) >= 11 is 0. The third-order valence-electron chi connectivity index (χ3n) is 3.45. The predicted octanol–water partition coefficient (Wildman–Crippen LogP) is 2.04. The van der Waals surface area contributed by atoms with Crippen molar-refractivity contribution in [1.29, 1.82) is 0 Å². The summed E-state index contributed by atoms with van der Waals surface area (Å²) in [5.41, 5.74) is 0.419. The molecule has 2 atom stereocenters. The Morgan fingerprint density at radius 2 is 2.05 bits per heavy atom. The summed E-state index contributed by atoms with van der Waals surface area (Å²) < 4.78 is 5.29. The molecule has 2 N–H and O–H groups in total. The molecule has 0 aliphatic rings. The molecule has 0 aliphatic heterocycles. The second-order valence-corrected chi connectivity index (χ2v) is 4.90. The number of aliphatic hydroxyl groups excluding tert-OH is 1. The van der Waals surface area contributed by atoms with E-state index in [2.05, 4.69) is 5.32 Å². The smallest absolute Gasteiger partial charge is 0.254 e. The van der Waals surface area contributed by atoms with Crippen molar-refractivity contribution >= 4 is 5.91 Å². The lowest BCUT2D eigenvalue weighted by atomic mass is 9.94. The summed E-state index contributed by atoms with van der Waals surface area (Å²) in [5.74, 6) is -0.175. The van der Waals surface area contributed by atoms with Crippen LogP contribution in [0.3, 0.4) is 0 Å². The van der Waals surface area contributed by atoms with Gasteiger partial charge in [0.05, 0.1) is 0 Å². The molecule has 0 radical (unpaired) electrons. The van der Waals surface area contributed by atoms with Gasteiger partial charge in [0.25, 0.3) is 5.91 Å². The van der Waals surface area contributed by atoms with Crippen LogP contribution in [-0.2, 0) is 9.53 Å². The van der Waals surface area contributed by atoms with Crippen molar-refractivity contribution in [3.05, 3.63) is 35.9 Å². The number of carbonyl (C=O) groups excluding carboxylic acids is 1.